The van der Waals surface area contributed by atoms with Crippen molar-refractivity contribution in [2.45, 2.75) is 71.8 Å². The van der Waals surface area contributed by atoms with E-state index in [2.05, 4.69) is 66.0 Å². The molecule has 1 aromatic carbocycles. The van der Waals surface area contributed by atoms with E-state index < -0.39 is 0 Å². The molecule has 3 N–H and O–H groups in total. The zero-order chi connectivity index (χ0) is 27.4. The second kappa shape index (κ2) is 12.4. The van der Waals surface area contributed by atoms with E-state index in [-0.39, 0.29) is 5.91 Å². The van der Waals surface area contributed by atoms with Crippen LogP contribution in [0.1, 0.15) is 80.3 Å². The van der Waals surface area contributed by atoms with Gasteiger partial charge in [0.25, 0.3) is 5.91 Å². The van der Waals surface area contributed by atoms with E-state index in [9.17, 15) is 4.79 Å². The van der Waals surface area contributed by atoms with Crippen LogP contribution in [0.25, 0.3) is 5.57 Å². The minimum absolute atomic E-state index is 0.0239. The Kier molecular flexibility index (Phi) is 8.75. The van der Waals surface area contributed by atoms with Crippen LogP contribution in [-0.4, -0.2) is 56.0 Å². The number of carbonyl (C=O) groups is 1. The van der Waals surface area contributed by atoms with E-state index in [0.29, 0.717) is 12.0 Å². The molecule has 4 aliphatic rings. The Balaban J connectivity index is 1.46. The average molecular weight is 532 g/mol. The van der Waals surface area contributed by atoms with Crippen molar-refractivity contribution >= 4 is 17.3 Å². The first-order chi connectivity index (χ1) is 18.9. The summed E-state index contributed by atoms with van der Waals surface area (Å²) in [4.78, 5) is 20.1. The van der Waals surface area contributed by atoms with Crippen LogP contribution < -0.4 is 16.0 Å². The van der Waals surface area contributed by atoms with Gasteiger partial charge >= 0.3 is 0 Å². The monoisotopic (exact) mass is 531 g/mol. The molecule has 0 spiro atoms. The number of nitrogens with one attached hydrogen (secondary N) is 3. The van der Waals surface area contributed by atoms with Gasteiger partial charge in [-0.1, -0.05) is 30.2 Å². The van der Waals surface area contributed by atoms with Crippen LogP contribution in [0.5, 0.6) is 0 Å². The minimum Gasteiger partial charge on any atom is -0.381 e. The van der Waals surface area contributed by atoms with Crippen molar-refractivity contribution in [3.63, 3.8) is 0 Å². The van der Waals surface area contributed by atoms with Crippen molar-refractivity contribution in [2.24, 2.45) is 16.8 Å². The fourth-order valence-electron chi connectivity index (χ4n) is 5.35. The van der Waals surface area contributed by atoms with Gasteiger partial charge in [0.1, 0.15) is 17.5 Å². The molecule has 0 bridgehead atoms. The number of carbonyl (C=O) groups excluding carboxylic acids is 1. The molecule has 0 unspecified atom stereocenters. The van der Waals surface area contributed by atoms with Gasteiger partial charge in [-0.2, -0.15) is 0 Å². The molecule has 0 aromatic heterocycles. The Morgan fingerprint density at radius 2 is 1.77 bits per heavy atom. The molecule has 2 heterocycles. The summed E-state index contributed by atoms with van der Waals surface area (Å²) in [5, 5.41) is 10.5. The summed E-state index contributed by atoms with van der Waals surface area (Å²) < 4.78 is 5.57. The van der Waals surface area contributed by atoms with Crippen molar-refractivity contribution in [3.05, 3.63) is 64.3 Å². The Labute approximate surface area is 233 Å². The molecule has 1 aromatic rings. The van der Waals surface area contributed by atoms with Gasteiger partial charge in [-0.3, -0.25) is 4.79 Å². The molecule has 7 heteroatoms. The van der Waals surface area contributed by atoms with Crippen LogP contribution in [-0.2, 0) is 4.74 Å². The van der Waals surface area contributed by atoms with E-state index in [1.807, 2.05) is 13.0 Å². The maximum absolute atomic E-state index is 12.8. The van der Waals surface area contributed by atoms with E-state index in [1.165, 1.54) is 24.8 Å². The number of hydrogen-bond donors (Lipinski definition) is 3. The first-order valence-electron chi connectivity index (χ1n) is 14.8. The van der Waals surface area contributed by atoms with Crippen molar-refractivity contribution < 1.29 is 9.53 Å². The maximum atomic E-state index is 12.8. The van der Waals surface area contributed by atoms with Crippen LogP contribution >= 0.6 is 0 Å². The summed E-state index contributed by atoms with van der Waals surface area (Å²) in [6, 6.07) is 6.50. The van der Waals surface area contributed by atoms with Gasteiger partial charge in [0.2, 0.25) is 0 Å². The topological polar surface area (TPSA) is 78.0 Å². The first kappa shape index (κ1) is 27.5. The predicted octanol–water partition coefficient (Wildman–Crippen LogP) is 5.11. The fraction of sp³-hybridized carbons (Fsp3) is 0.562. The van der Waals surface area contributed by atoms with Gasteiger partial charge in [-0.25, -0.2) is 4.99 Å². The molecular weight excluding hydrogens is 486 g/mol. The van der Waals surface area contributed by atoms with Crippen molar-refractivity contribution in [3.8, 4) is 0 Å². The largest absolute Gasteiger partial charge is 0.381 e. The molecule has 7 nitrogen and oxygen atoms in total. The molecule has 3 fully saturated rings. The molecule has 2 aliphatic heterocycles. The normalized spacial score (nSPS) is 21.4. The minimum atomic E-state index is 0.0239. The number of hydrogen-bond acceptors (Lipinski definition) is 6. The highest BCUT2D eigenvalue weighted by molar-refractivity contribution is 5.98. The van der Waals surface area contributed by atoms with Crippen molar-refractivity contribution in [2.75, 3.05) is 33.4 Å². The number of aryl methyl sites for hydroxylation is 1. The van der Waals surface area contributed by atoms with E-state index in [1.54, 1.807) is 0 Å². The molecule has 39 heavy (non-hydrogen) atoms. The van der Waals surface area contributed by atoms with Crippen LogP contribution in [0.3, 0.4) is 0 Å². The third-order valence-corrected chi connectivity index (χ3v) is 8.26. The van der Waals surface area contributed by atoms with Gasteiger partial charge in [-0.05, 0) is 88.3 Å². The lowest BCUT2D eigenvalue weighted by Gasteiger charge is -2.32. The lowest BCUT2D eigenvalue weighted by molar-refractivity contribution is 0.0665. The summed E-state index contributed by atoms with van der Waals surface area (Å²) in [7, 11) is 2.09. The standard InChI is InChI=1S/C32H45N5O2/c1-21(2)16-28(25-8-11-27(22(3)17-25)32(38)35-26-9-10-26)31-36-29(33-19-23-6-5-7-23)18-30(37(31)4)34-20-24-12-14-39-15-13-24/h8,11,16-18,23-24,26,34H,5-7,9-10,12-15,19-20H2,1-4H3,(H,33,36)(H,35,38)/b31-28+. The highest BCUT2D eigenvalue weighted by Gasteiger charge is 2.26. The third-order valence-electron chi connectivity index (χ3n) is 8.26. The molecule has 1 saturated heterocycles. The molecule has 5 rings (SSSR count). The predicted molar refractivity (Wildman–Crippen MR) is 158 cm³/mol. The number of amides is 1. The zero-order valence-electron chi connectivity index (χ0n) is 24.1. The smallest absolute Gasteiger partial charge is 0.251 e. The Bertz CT molecular complexity index is 1180. The number of benzene rings is 1. The number of aliphatic imine (C=N–C) groups is 1. The Morgan fingerprint density at radius 3 is 2.41 bits per heavy atom. The number of nitrogens with zero attached hydrogens (tertiary/aromatic N) is 2. The summed E-state index contributed by atoms with van der Waals surface area (Å²) in [6.07, 6.45) is 12.6. The molecule has 1 amide bonds. The lowest BCUT2D eigenvalue weighted by atomic mass is 9.85. The number of ether oxygens (including phenoxy) is 1. The first-order valence-corrected chi connectivity index (χ1v) is 14.8. The van der Waals surface area contributed by atoms with Crippen LogP contribution in [0.2, 0.25) is 0 Å². The highest BCUT2D eigenvalue weighted by Crippen LogP contribution is 2.31. The molecule has 210 valence electrons. The van der Waals surface area contributed by atoms with E-state index in [0.717, 1.165) is 97.6 Å². The van der Waals surface area contributed by atoms with Gasteiger partial charge in [0.05, 0.1) is 0 Å². The van der Waals surface area contributed by atoms with Crippen LogP contribution in [0, 0.1) is 18.8 Å². The van der Waals surface area contributed by atoms with Gasteiger partial charge in [0, 0.05) is 56.6 Å². The molecule has 2 aliphatic carbocycles. The number of allylic oxidation sites excluding steroid dienone is 3. The Morgan fingerprint density at radius 1 is 1.05 bits per heavy atom. The quantitative estimate of drug-likeness (QED) is 0.413. The van der Waals surface area contributed by atoms with Crippen molar-refractivity contribution in [1.82, 2.24) is 20.9 Å². The second-order valence-electron chi connectivity index (χ2n) is 11.9. The summed E-state index contributed by atoms with van der Waals surface area (Å²) >= 11 is 0. The van der Waals surface area contributed by atoms with Gasteiger partial charge in [-0.15, -0.1) is 0 Å². The molecule has 0 atom stereocenters. The second-order valence-corrected chi connectivity index (χ2v) is 11.9. The third kappa shape index (κ3) is 7.13. The summed E-state index contributed by atoms with van der Waals surface area (Å²) in [5.41, 5.74) is 5.03. The summed E-state index contributed by atoms with van der Waals surface area (Å²) in [5.74, 6) is 4.23. The molecule has 2 saturated carbocycles. The van der Waals surface area contributed by atoms with Crippen LogP contribution in [0.4, 0.5) is 0 Å². The number of amidine groups is 1. The van der Waals surface area contributed by atoms with Crippen LogP contribution in [0.15, 0.2) is 52.6 Å². The van der Waals surface area contributed by atoms with Gasteiger partial charge in [0.15, 0.2) is 0 Å². The zero-order valence-corrected chi connectivity index (χ0v) is 24.1. The summed E-state index contributed by atoms with van der Waals surface area (Å²) in [6.45, 7) is 9.84. The van der Waals surface area contributed by atoms with E-state index >= 15 is 0 Å². The lowest BCUT2D eigenvalue weighted by Crippen LogP contribution is -2.39. The van der Waals surface area contributed by atoms with Crippen molar-refractivity contribution in [1.29, 1.82) is 0 Å². The number of rotatable bonds is 9. The molecule has 0 radical (unpaired) electrons. The SMILES string of the molecule is CC(C)=C/C(=C1/N=C(NCC2CCC2)C=C(NCC2CCOCC2)N1C)c1ccc(C(=O)NC2CC2)c(C)c1. The highest BCUT2D eigenvalue weighted by atomic mass is 16.5. The fourth-order valence-corrected chi connectivity index (χ4v) is 5.35. The van der Waals surface area contributed by atoms with Gasteiger partial charge < -0.3 is 25.6 Å². The molecular formula is C32H45N5O2. The maximum Gasteiger partial charge on any atom is 0.251 e. The Hall–Kier alpha value is -3.06. The average Bonchev–Trinajstić information content (AvgIpc) is 3.71. The van der Waals surface area contributed by atoms with E-state index in [4.69, 9.17) is 9.73 Å².